The average Bonchev–Trinajstić information content (AvgIpc) is 2.12. The topological polar surface area (TPSA) is 46.5 Å². The van der Waals surface area contributed by atoms with Crippen molar-refractivity contribution in [3.63, 3.8) is 0 Å². The molecule has 0 radical (unpaired) electrons. The van der Waals surface area contributed by atoms with Crippen molar-refractivity contribution in [2.75, 3.05) is 13.2 Å². The maximum atomic E-state index is 13.0. The molecule has 7 heteroatoms. The fraction of sp³-hybridized carbons (Fsp3) is 0.889. The maximum absolute atomic E-state index is 13.0. The van der Waals surface area contributed by atoms with E-state index in [1.54, 1.807) is 0 Å². The van der Waals surface area contributed by atoms with E-state index < -0.39 is 36.4 Å². The lowest BCUT2D eigenvalue weighted by Gasteiger charge is -2.25. The fourth-order valence-electron chi connectivity index (χ4n) is 0.558. The van der Waals surface area contributed by atoms with Crippen molar-refractivity contribution in [2.24, 2.45) is 5.41 Å². The summed E-state index contributed by atoms with van der Waals surface area (Å²) in [5.41, 5.74) is -4.93. The van der Waals surface area contributed by atoms with Gasteiger partial charge in [0.1, 0.15) is 0 Å². The molecule has 0 heterocycles. The van der Waals surface area contributed by atoms with E-state index in [0.29, 0.717) is 0 Å². The van der Waals surface area contributed by atoms with Gasteiger partial charge in [0.25, 0.3) is 5.67 Å². The predicted octanol–water partition coefficient (Wildman–Crippen LogP) is 1.84. The molecule has 0 saturated heterocycles. The van der Waals surface area contributed by atoms with Crippen LogP contribution in [0.2, 0.25) is 0 Å². The summed E-state index contributed by atoms with van der Waals surface area (Å²) in [5.74, 6) is -2.00. The number of ether oxygens (including phenoxy) is 1. The molecule has 3 nitrogen and oxygen atoms in total. The zero-order chi connectivity index (χ0) is 13.2. The van der Waals surface area contributed by atoms with Gasteiger partial charge in [0.15, 0.2) is 0 Å². The summed E-state index contributed by atoms with van der Waals surface area (Å²) in [6, 6.07) is 0. The lowest BCUT2D eigenvalue weighted by Crippen LogP contribution is -2.47. The van der Waals surface area contributed by atoms with Crippen molar-refractivity contribution in [3.8, 4) is 0 Å². The van der Waals surface area contributed by atoms with E-state index in [-0.39, 0.29) is 6.92 Å². The number of alkyl halides is 4. The molecule has 16 heavy (non-hydrogen) atoms. The van der Waals surface area contributed by atoms with E-state index in [0.717, 1.165) is 0 Å². The van der Waals surface area contributed by atoms with Crippen molar-refractivity contribution in [2.45, 2.75) is 32.6 Å². The smallest absolute Gasteiger partial charge is 0.433 e. The van der Waals surface area contributed by atoms with Gasteiger partial charge in [-0.1, -0.05) is 13.8 Å². The third-order valence-electron chi connectivity index (χ3n) is 1.94. The van der Waals surface area contributed by atoms with E-state index in [9.17, 15) is 22.4 Å². The summed E-state index contributed by atoms with van der Waals surface area (Å²) in [4.78, 5) is 10.9. The number of hydrogen-bond donors (Lipinski definition) is 1. The highest BCUT2D eigenvalue weighted by molar-refractivity contribution is 5.80. The van der Waals surface area contributed by atoms with Crippen LogP contribution in [0.1, 0.15) is 20.8 Å². The Balaban J connectivity index is 4.50. The molecule has 0 amide bonds. The number of halogens is 4. The van der Waals surface area contributed by atoms with Gasteiger partial charge in [0.05, 0.1) is 13.2 Å². The lowest BCUT2D eigenvalue weighted by molar-refractivity contribution is -0.235. The standard InChI is InChI=1S/C9H14F4O3/c1-7(2,4-14)5-16-6(15)8(3,10)9(11,12)13/h14H,4-5H2,1-3H3. The van der Waals surface area contributed by atoms with Gasteiger partial charge in [-0.3, -0.25) is 0 Å². The summed E-state index contributed by atoms with van der Waals surface area (Å²) >= 11 is 0. The summed E-state index contributed by atoms with van der Waals surface area (Å²) < 4.78 is 53.4. The number of rotatable bonds is 4. The zero-order valence-corrected chi connectivity index (χ0v) is 9.19. The molecule has 0 spiro atoms. The molecule has 96 valence electrons. The molecule has 0 aromatic rings. The van der Waals surface area contributed by atoms with Crippen LogP contribution >= 0.6 is 0 Å². The second-order valence-electron chi connectivity index (χ2n) is 4.40. The zero-order valence-electron chi connectivity index (χ0n) is 9.19. The normalized spacial score (nSPS) is 16.8. The van der Waals surface area contributed by atoms with Crippen LogP contribution in [-0.4, -0.2) is 36.1 Å². The minimum absolute atomic E-state index is 0.0985. The van der Waals surface area contributed by atoms with Crippen LogP contribution in [0.25, 0.3) is 0 Å². The van der Waals surface area contributed by atoms with Crippen LogP contribution in [0.3, 0.4) is 0 Å². The third-order valence-corrected chi connectivity index (χ3v) is 1.94. The lowest BCUT2D eigenvalue weighted by atomic mass is 9.96. The third kappa shape index (κ3) is 3.62. The molecular formula is C9H14F4O3. The van der Waals surface area contributed by atoms with E-state index in [2.05, 4.69) is 4.74 Å². The quantitative estimate of drug-likeness (QED) is 0.608. The molecule has 0 aliphatic carbocycles. The number of aliphatic hydroxyl groups excluding tert-OH is 1. The molecule has 1 unspecified atom stereocenters. The molecule has 0 fully saturated rings. The summed E-state index contributed by atoms with van der Waals surface area (Å²) in [7, 11) is 0. The van der Waals surface area contributed by atoms with Gasteiger partial charge in [0.2, 0.25) is 0 Å². The van der Waals surface area contributed by atoms with E-state index >= 15 is 0 Å². The summed E-state index contributed by atoms with van der Waals surface area (Å²) in [5, 5.41) is 8.76. The van der Waals surface area contributed by atoms with Gasteiger partial charge in [-0.25, -0.2) is 9.18 Å². The van der Waals surface area contributed by atoms with Crippen LogP contribution in [-0.2, 0) is 9.53 Å². The molecular weight excluding hydrogens is 232 g/mol. The average molecular weight is 246 g/mol. The number of esters is 1. The van der Waals surface area contributed by atoms with Crippen molar-refractivity contribution >= 4 is 5.97 Å². The Kier molecular flexibility index (Phi) is 4.32. The Bertz CT molecular complexity index is 258. The second kappa shape index (κ2) is 4.57. The Morgan fingerprint density at radius 1 is 1.19 bits per heavy atom. The SMILES string of the molecule is CC(C)(CO)COC(=O)C(C)(F)C(F)(F)F. The van der Waals surface area contributed by atoms with Gasteiger partial charge in [-0.15, -0.1) is 0 Å². The molecule has 0 aromatic heterocycles. The highest BCUT2D eigenvalue weighted by Gasteiger charge is 2.59. The Morgan fingerprint density at radius 2 is 1.62 bits per heavy atom. The van der Waals surface area contributed by atoms with E-state index in [1.165, 1.54) is 13.8 Å². The van der Waals surface area contributed by atoms with Crippen molar-refractivity contribution < 1.29 is 32.2 Å². The first-order chi connectivity index (χ1) is 6.94. The first kappa shape index (κ1) is 15.2. The van der Waals surface area contributed by atoms with Gasteiger partial charge in [-0.05, 0) is 6.92 Å². The van der Waals surface area contributed by atoms with Crippen molar-refractivity contribution in [1.82, 2.24) is 0 Å². The number of carbonyl (C=O) groups is 1. The highest BCUT2D eigenvalue weighted by Crippen LogP contribution is 2.34. The molecule has 0 saturated carbocycles. The Hall–Kier alpha value is -0.850. The molecule has 0 aliphatic rings. The minimum Gasteiger partial charge on any atom is -0.462 e. The van der Waals surface area contributed by atoms with E-state index in [1.807, 2.05) is 0 Å². The van der Waals surface area contributed by atoms with E-state index in [4.69, 9.17) is 5.11 Å². The molecule has 0 aliphatic heterocycles. The molecule has 0 bridgehead atoms. The minimum atomic E-state index is -5.31. The van der Waals surface area contributed by atoms with Gasteiger partial charge in [0, 0.05) is 5.41 Å². The molecule has 1 atom stereocenters. The van der Waals surface area contributed by atoms with Crippen LogP contribution in [0.15, 0.2) is 0 Å². The predicted molar refractivity (Wildman–Crippen MR) is 47.4 cm³/mol. The number of hydrogen-bond acceptors (Lipinski definition) is 3. The summed E-state index contributed by atoms with van der Waals surface area (Å²) in [6.07, 6.45) is -5.31. The van der Waals surface area contributed by atoms with Gasteiger partial charge in [-0.2, -0.15) is 13.2 Å². The number of aliphatic hydroxyl groups is 1. The second-order valence-corrected chi connectivity index (χ2v) is 4.40. The van der Waals surface area contributed by atoms with Crippen LogP contribution in [0.5, 0.6) is 0 Å². The first-order valence-corrected chi connectivity index (χ1v) is 4.48. The molecule has 0 aromatic carbocycles. The van der Waals surface area contributed by atoms with Crippen molar-refractivity contribution in [1.29, 1.82) is 0 Å². The fourth-order valence-corrected chi connectivity index (χ4v) is 0.558. The highest BCUT2D eigenvalue weighted by atomic mass is 19.4. The Labute approximate surface area is 90.4 Å². The first-order valence-electron chi connectivity index (χ1n) is 4.48. The van der Waals surface area contributed by atoms with Crippen LogP contribution in [0, 0.1) is 5.41 Å². The van der Waals surface area contributed by atoms with Gasteiger partial charge < -0.3 is 9.84 Å². The number of carbonyl (C=O) groups excluding carboxylic acids is 1. The van der Waals surface area contributed by atoms with Crippen molar-refractivity contribution in [3.05, 3.63) is 0 Å². The Morgan fingerprint density at radius 3 is 1.94 bits per heavy atom. The summed E-state index contributed by atoms with van der Waals surface area (Å²) in [6.45, 7) is 2.14. The monoisotopic (exact) mass is 246 g/mol. The van der Waals surface area contributed by atoms with Crippen LogP contribution in [0.4, 0.5) is 17.6 Å². The van der Waals surface area contributed by atoms with Crippen LogP contribution < -0.4 is 0 Å². The largest absolute Gasteiger partial charge is 0.462 e. The molecule has 1 N–H and O–H groups in total. The maximum Gasteiger partial charge on any atom is 0.433 e. The van der Waals surface area contributed by atoms with Gasteiger partial charge >= 0.3 is 12.1 Å². The molecule has 0 rings (SSSR count).